The zero-order valence-electron chi connectivity index (χ0n) is 13.9. The van der Waals surface area contributed by atoms with Crippen LogP contribution in [0.2, 0.25) is 0 Å². The molecule has 0 unspecified atom stereocenters. The Balaban J connectivity index is 1.51. The quantitative estimate of drug-likeness (QED) is 0.626. The number of anilines is 3. The Hall–Kier alpha value is -2.88. The molecule has 0 atom stereocenters. The summed E-state index contributed by atoms with van der Waals surface area (Å²) in [6, 6.07) is 20.6. The van der Waals surface area contributed by atoms with E-state index in [1.165, 1.54) is 11.1 Å². The molecule has 0 aliphatic heterocycles. The van der Waals surface area contributed by atoms with Gasteiger partial charge in [-0.15, -0.1) is 0 Å². The summed E-state index contributed by atoms with van der Waals surface area (Å²) in [5.74, 6) is 1.45. The average Bonchev–Trinajstić information content (AvgIpc) is 2.60. The standard InChI is InChI=1S/C20H22N4/c1-16-7-5-11-18(15-16)23-20-22-14-12-19(24-20)21-13-6-10-17-8-3-2-4-9-17/h2-5,7-9,11-12,14-15H,6,10,13H2,1H3,(H2,21,22,23,24). The van der Waals surface area contributed by atoms with Crippen LogP contribution >= 0.6 is 0 Å². The number of nitrogens with one attached hydrogen (secondary N) is 2. The third-order valence-corrected chi connectivity index (χ3v) is 3.72. The molecule has 2 N–H and O–H groups in total. The van der Waals surface area contributed by atoms with Crippen LogP contribution in [0.3, 0.4) is 0 Å². The highest BCUT2D eigenvalue weighted by Crippen LogP contribution is 2.15. The van der Waals surface area contributed by atoms with Gasteiger partial charge in [-0.05, 0) is 49.1 Å². The fourth-order valence-electron chi connectivity index (χ4n) is 2.52. The Morgan fingerprint density at radius 3 is 2.67 bits per heavy atom. The molecule has 122 valence electrons. The van der Waals surface area contributed by atoms with Crippen molar-refractivity contribution in [3.63, 3.8) is 0 Å². The maximum Gasteiger partial charge on any atom is 0.229 e. The van der Waals surface area contributed by atoms with Crippen LogP contribution in [0.4, 0.5) is 17.5 Å². The van der Waals surface area contributed by atoms with E-state index in [0.29, 0.717) is 5.95 Å². The van der Waals surface area contributed by atoms with Gasteiger partial charge in [-0.1, -0.05) is 42.5 Å². The SMILES string of the molecule is Cc1cccc(Nc2nccc(NCCCc3ccccc3)n2)c1. The fraction of sp³-hybridized carbons (Fsp3) is 0.200. The molecule has 1 heterocycles. The van der Waals surface area contributed by atoms with Crippen molar-refractivity contribution in [1.82, 2.24) is 9.97 Å². The van der Waals surface area contributed by atoms with Crippen LogP contribution in [0.1, 0.15) is 17.5 Å². The summed E-state index contributed by atoms with van der Waals surface area (Å²) in [6.45, 7) is 2.95. The Bertz CT molecular complexity index is 771. The Labute approximate surface area is 143 Å². The van der Waals surface area contributed by atoms with Crippen LogP contribution in [0.25, 0.3) is 0 Å². The van der Waals surface area contributed by atoms with Crippen LogP contribution in [0, 0.1) is 6.92 Å². The third kappa shape index (κ3) is 4.81. The maximum absolute atomic E-state index is 4.51. The fourth-order valence-corrected chi connectivity index (χ4v) is 2.52. The molecular formula is C20H22N4. The molecule has 3 aromatic rings. The van der Waals surface area contributed by atoms with Crippen molar-refractivity contribution >= 4 is 17.5 Å². The summed E-state index contributed by atoms with van der Waals surface area (Å²) in [6.07, 6.45) is 3.90. The number of benzene rings is 2. The lowest BCUT2D eigenvalue weighted by Gasteiger charge is -2.09. The van der Waals surface area contributed by atoms with Gasteiger partial charge in [-0.2, -0.15) is 4.98 Å². The molecule has 0 aliphatic carbocycles. The molecule has 24 heavy (non-hydrogen) atoms. The van der Waals surface area contributed by atoms with E-state index in [4.69, 9.17) is 0 Å². The van der Waals surface area contributed by atoms with Crippen LogP contribution in [0.5, 0.6) is 0 Å². The summed E-state index contributed by atoms with van der Waals surface area (Å²) >= 11 is 0. The number of hydrogen-bond acceptors (Lipinski definition) is 4. The highest BCUT2D eigenvalue weighted by Gasteiger charge is 2.00. The second kappa shape index (κ2) is 8.11. The molecule has 0 aliphatic rings. The molecule has 0 saturated heterocycles. The summed E-state index contributed by atoms with van der Waals surface area (Å²) in [5.41, 5.74) is 3.57. The van der Waals surface area contributed by atoms with Gasteiger partial charge in [0.1, 0.15) is 5.82 Å². The van der Waals surface area contributed by atoms with Gasteiger partial charge in [0.25, 0.3) is 0 Å². The van der Waals surface area contributed by atoms with Gasteiger partial charge in [0.05, 0.1) is 0 Å². The number of aryl methyl sites for hydroxylation is 2. The van der Waals surface area contributed by atoms with Crippen LogP contribution in [-0.2, 0) is 6.42 Å². The van der Waals surface area contributed by atoms with E-state index in [0.717, 1.165) is 30.9 Å². The van der Waals surface area contributed by atoms with Crippen LogP contribution in [0.15, 0.2) is 66.9 Å². The number of nitrogens with zero attached hydrogens (tertiary/aromatic N) is 2. The van der Waals surface area contributed by atoms with E-state index in [9.17, 15) is 0 Å². The van der Waals surface area contributed by atoms with Crippen molar-refractivity contribution in [1.29, 1.82) is 0 Å². The first-order chi connectivity index (χ1) is 11.8. The lowest BCUT2D eigenvalue weighted by molar-refractivity contribution is 0.858. The van der Waals surface area contributed by atoms with Crippen molar-refractivity contribution < 1.29 is 0 Å². The predicted molar refractivity (Wildman–Crippen MR) is 99.7 cm³/mol. The molecule has 2 aromatic carbocycles. The van der Waals surface area contributed by atoms with Gasteiger partial charge in [-0.25, -0.2) is 4.98 Å². The number of aromatic nitrogens is 2. The molecule has 4 nitrogen and oxygen atoms in total. The Morgan fingerprint density at radius 1 is 0.958 bits per heavy atom. The molecule has 3 rings (SSSR count). The highest BCUT2D eigenvalue weighted by atomic mass is 15.1. The van der Waals surface area contributed by atoms with E-state index < -0.39 is 0 Å². The maximum atomic E-state index is 4.51. The van der Waals surface area contributed by atoms with Crippen molar-refractivity contribution in [2.24, 2.45) is 0 Å². The number of hydrogen-bond donors (Lipinski definition) is 2. The van der Waals surface area contributed by atoms with Gasteiger partial charge < -0.3 is 10.6 Å². The summed E-state index contributed by atoms with van der Waals surface area (Å²) in [5, 5.41) is 6.60. The van der Waals surface area contributed by atoms with Crippen molar-refractivity contribution in [2.75, 3.05) is 17.2 Å². The Morgan fingerprint density at radius 2 is 1.83 bits per heavy atom. The minimum atomic E-state index is 0.605. The molecule has 4 heteroatoms. The first-order valence-electron chi connectivity index (χ1n) is 8.24. The van der Waals surface area contributed by atoms with E-state index in [1.807, 2.05) is 24.3 Å². The zero-order chi connectivity index (χ0) is 16.6. The van der Waals surface area contributed by atoms with E-state index >= 15 is 0 Å². The van der Waals surface area contributed by atoms with Crippen molar-refractivity contribution in [3.8, 4) is 0 Å². The molecule has 0 bridgehead atoms. The molecule has 0 radical (unpaired) electrons. The largest absolute Gasteiger partial charge is 0.370 e. The molecule has 0 fully saturated rings. The molecule has 0 spiro atoms. The van der Waals surface area contributed by atoms with Gasteiger partial charge in [0, 0.05) is 18.4 Å². The Kier molecular flexibility index (Phi) is 5.40. The lowest BCUT2D eigenvalue weighted by atomic mass is 10.1. The smallest absolute Gasteiger partial charge is 0.229 e. The summed E-state index contributed by atoms with van der Waals surface area (Å²) in [4.78, 5) is 8.79. The molecule has 0 saturated carbocycles. The van der Waals surface area contributed by atoms with Crippen LogP contribution in [-0.4, -0.2) is 16.5 Å². The highest BCUT2D eigenvalue weighted by molar-refractivity contribution is 5.55. The van der Waals surface area contributed by atoms with Crippen LogP contribution < -0.4 is 10.6 Å². The lowest BCUT2D eigenvalue weighted by Crippen LogP contribution is -2.06. The minimum Gasteiger partial charge on any atom is -0.370 e. The van der Waals surface area contributed by atoms with Gasteiger partial charge in [-0.3, -0.25) is 0 Å². The molecular weight excluding hydrogens is 296 g/mol. The topological polar surface area (TPSA) is 49.8 Å². The third-order valence-electron chi connectivity index (χ3n) is 3.72. The number of rotatable bonds is 7. The zero-order valence-corrected chi connectivity index (χ0v) is 13.9. The summed E-state index contributed by atoms with van der Waals surface area (Å²) in [7, 11) is 0. The van der Waals surface area contributed by atoms with E-state index in [-0.39, 0.29) is 0 Å². The first-order valence-corrected chi connectivity index (χ1v) is 8.24. The summed E-state index contributed by atoms with van der Waals surface area (Å²) < 4.78 is 0. The average molecular weight is 318 g/mol. The normalized spacial score (nSPS) is 10.4. The molecule has 1 aromatic heterocycles. The van der Waals surface area contributed by atoms with Gasteiger partial charge in [0.2, 0.25) is 5.95 Å². The predicted octanol–water partition coefficient (Wildman–Crippen LogP) is 4.57. The van der Waals surface area contributed by atoms with Gasteiger partial charge >= 0.3 is 0 Å². The first kappa shape index (κ1) is 16.0. The minimum absolute atomic E-state index is 0.605. The van der Waals surface area contributed by atoms with Gasteiger partial charge in [0.15, 0.2) is 0 Å². The monoisotopic (exact) mass is 318 g/mol. The second-order valence-corrected chi connectivity index (χ2v) is 5.78. The second-order valence-electron chi connectivity index (χ2n) is 5.78. The van der Waals surface area contributed by atoms with E-state index in [2.05, 4.69) is 63.9 Å². The van der Waals surface area contributed by atoms with Crippen molar-refractivity contribution in [2.45, 2.75) is 19.8 Å². The molecule has 0 amide bonds. The van der Waals surface area contributed by atoms with E-state index in [1.54, 1.807) is 6.20 Å². The van der Waals surface area contributed by atoms with Crippen molar-refractivity contribution in [3.05, 3.63) is 78.0 Å².